The summed E-state index contributed by atoms with van der Waals surface area (Å²) in [7, 11) is 0. The number of hydrogen-bond acceptors (Lipinski definition) is 1. The molecule has 1 aliphatic carbocycles. The first kappa shape index (κ1) is 16.3. The van der Waals surface area contributed by atoms with Crippen molar-refractivity contribution in [2.24, 2.45) is 5.92 Å². The van der Waals surface area contributed by atoms with Crippen molar-refractivity contribution in [2.75, 3.05) is 6.61 Å². The number of benzene rings is 1. The summed E-state index contributed by atoms with van der Waals surface area (Å²) in [5, 5.41) is 0. The van der Waals surface area contributed by atoms with Crippen LogP contribution < -0.4 is 4.74 Å². The van der Waals surface area contributed by atoms with Crippen molar-refractivity contribution in [1.29, 1.82) is 0 Å². The van der Waals surface area contributed by atoms with E-state index in [1.54, 1.807) is 12.1 Å². The Kier molecular flexibility index (Phi) is 6.53. The van der Waals surface area contributed by atoms with Crippen LogP contribution in [0.15, 0.2) is 18.2 Å². The number of unbranched alkanes of at least 4 members (excludes halogenated alkanes) is 2. The zero-order valence-corrected chi connectivity index (χ0v) is 13.5. The number of halogens is 1. The molecule has 21 heavy (non-hydrogen) atoms. The van der Waals surface area contributed by atoms with Gasteiger partial charge in [0, 0.05) is 0 Å². The lowest BCUT2D eigenvalue weighted by atomic mass is 9.77. The molecule has 1 aromatic carbocycles. The first-order chi connectivity index (χ1) is 10.2. The van der Waals surface area contributed by atoms with Crippen LogP contribution in [0.4, 0.5) is 4.39 Å². The minimum atomic E-state index is -0.209. The molecule has 1 aromatic rings. The largest absolute Gasteiger partial charge is 0.491 e. The molecule has 0 spiro atoms. The van der Waals surface area contributed by atoms with Crippen LogP contribution in [0.1, 0.15) is 76.7 Å². The second-order valence-electron chi connectivity index (χ2n) is 6.34. The first-order valence-corrected chi connectivity index (χ1v) is 8.66. The molecular weight excluding hydrogens is 263 g/mol. The summed E-state index contributed by atoms with van der Waals surface area (Å²) in [6, 6.07) is 5.53. The third kappa shape index (κ3) is 4.72. The van der Waals surface area contributed by atoms with E-state index in [1.165, 1.54) is 51.4 Å². The fourth-order valence-electron chi connectivity index (χ4n) is 3.51. The molecule has 1 fully saturated rings. The highest BCUT2D eigenvalue weighted by atomic mass is 19.1. The summed E-state index contributed by atoms with van der Waals surface area (Å²) in [6.45, 7) is 4.66. The van der Waals surface area contributed by atoms with Crippen LogP contribution in [0.25, 0.3) is 0 Å². The lowest BCUT2D eigenvalue weighted by Gasteiger charge is -2.29. The van der Waals surface area contributed by atoms with Gasteiger partial charge >= 0.3 is 0 Å². The average Bonchev–Trinajstić information content (AvgIpc) is 2.50. The van der Waals surface area contributed by atoms with E-state index in [0.29, 0.717) is 18.3 Å². The highest BCUT2D eigenvalue weighted by molar-refractivity contribution is 5.31. The van der Waals surface area contributed by atoms with Gasteiger partial charge in [-0.25, -0.2) is 4.39 Å². The topological polar surface area (TPSA) is 9.23 Å². The van der Waals surface area contributed by atoms with E-state index in [0.717, 1.165) is 11.5 Å². The molecule has 0 aromatic heterocycles. The maximum atomic E-state index is 13.9. The molecule has 0 heterocycles. The van der Waals surface area contributed by atoms with Crippen molar-refractivity contribution in [3.8, 4) is 5.75 Å². The molecule has 0 radical (unpaired) electrons. The van der Waals surface area contributed by atoms with Gasteiger partial charge in [0.15, 0.2) is 11.6 Å². The Morgan fingerprint density at radius 2 is 1.86 bits per heavy atom. The van der Waals surface area contributed by atoms with Crippen LogP contribution in [0, 0.1) is 11.7 Å². The molecule has 1 aliphatic rings. The van der Waals surface area contributed by atoms with E-state index < -0.39 is 0 Å². The molecule has 0 N–H and O–H groups in total. The molecule has 2 heteroatoms. The second-order valence-corrected chi connectivity index (χ2v) is 6.34. The molecule has 0 bridgehead atoms. The Morgan fingerprint density at radius 3 is 2.48 bits per heavy atom. The van der Waals surface area contributed by atoms with Crippen LogP contribution in [-0.4, -0.2) is 6.61 Å². The third-order valence-corrected chi connectivity index (χ3v) is 4.79. The van der Waals surface area contributed by atoms with Crippen molar-refractivity contribution in [3.63, 3.8) is 0 Å². The third-order valence-electron chi connectivity index (χ3n) is 4.79. The summed E-state index contributed by atoms with van der Waals surface area (Å²) >= 11 is 0. The Morgan fingerprint density at radius 1 is 1.10 bits per heavy atom. The Hall–Kier alpha value is -1.05. The molecule has 1 saturated carbocycles. The highest BCUT2D eigenvalue weighted by Crippen LogP contribution is 2.38. The van der Waals surface area contributed by atoms with Gasteiger partial charge in [0.05, 0.1) is 6.61 Å². The van der Waals surface area contributed by atoms with Gasteiger partial charge in [-0.1, -0.05) is 38.7 Å². The van der Waals surface area contributed by atoms with Gasteiger partial charge in [-0.3, -0.25) is 0 Å². The highest BCUT2D eigenvalue weighted by Gasteiger charge is 2.22. The van der Waals surface area contributed by atoms with Crippen molar-refractivity contribution in [3.05, 3.63) is 29.6 Å². The second kappa shape index (κ2) is 8.41. The monoisotopic (exact) mass is 292 g/mol. The predicted molar refractivity (Wildman–Crippen MR) is 86.4 cm³/mol. The van der Waals surface area contributed by atoms with Gasteiger partial charge in [-0.15, -0.1) is 0 Å². The molecule has 0 unspecified atom stereocenters. The Bertz CT molecular complexity index is 422. The van der Waals surface area contributed by atoms with Crippen molar-refractivity contribution < 1.29 is 9.13 Å². The normalized spacial score (nSPS) is 22.2. The van der Waals surface area contributed by atoms with Crippen LogP contribution in [0.2, 0.25) is 0 Å². The van der Waals surface area contributed by atoms with Gasteiger partial charge in [-0.05, 0) is 62.1 Å². The van der Waals surface area contributed by atoms with E-state index in [2.05, 4.69) is 13.0 Å². The molecule has 0 saturated heterocycles. The quantitative estimate of drug-likeness (QED) is 0.553. The standard InChI is InChI=1S/C19H29FO/c1-3-5-6-7-15-8-10-16(11-9-15)17-12-13-19(21-4-2)18(20)14-17/h12-16H,3-11H2,1-2H3. The smallest absolute Gasteiger partial charge is 0.165 e. The lowest BCUT2D eigenvalue weighted by Crippen LogP contribution is -2.13. The Balaban J connectivity index is 1.85. The lowest BCUT2D eigenvalue weighted by molar-refractivity contribution is 0.300. The predicted octanol–water partition coefficient (Wildman–Crippen LogP) is 6.08. The Labute approximate surface area is 128 Å². The number of ether oxygens (including phenoxy) is 1. The molecule has 0 atom stereocenters. The van der Waals surface area contributed by atoms with Gasteiger partial charge in [0.25, 0.3) is 0 Å². The van der Waals surface area contributed by atoms with Crippen molar-refractivity contribution >= 4 is 0 Å². The van der Waals surface area contributed by atoms with Crippen LogP contribution >= 0.6 is 0 Å². The molecule has 2 rings (SSSR count). The van der Waals surface area contributed by atoms with Gasteiger partial charge in [-0.2, -0.15) is 0 Å². The van der Waals surface area contributed by atoms with E-state index >= 15 is 0 Å². The number of hydrogen-bond donors (Lipinski definition) is 0. The summed E-state index contributed by atoms with van der Waals surface area (Å²) in [5.74, 6) is 1.62. The van der Waals surface area contributed by atoms with Crippen LogP contribution in [0.3, 0.4) is 0 Å². The van der Waals surface area contributed by atoms with Crippen molar-refractivity contribution in [2.45, 2.75) is 71.1 Å². The van der Waals surface area contributed by atoms with Gasteiger partial charge in [0.2, 0.25) is 0 Å². The fraction of sp³-hybridized carbons (Fsp3) is 0.684. The van der Waals surface area contributed by atoms with E-state index in [9.17, 15) is 4.39 Å². The first-order valence-electron chi connectivity index (χ1n) is 8.66. The zero-order chi connectivity index (χ0) is 15.1. The molecule has 118 valence electrons. The van der Waals surface area contributed by atoms with Crippen LogP contribution in [-0.2, 0) is 0 Å². The fourth-order valence-corrected chi connectivity index (χ4v) is 3.51. The number of rotatable bonds is 7. The maximum Gasteiger partial charge on any atom is 0.165 e. The molecule has 1 nitrogen and oxygen atoms in total. The maximum absolute atomic E-state index is 13.9. The van der Waals surface area contributed by atoms with Crippen LogP contribution in [0.5, 0.6) is 5.75 Å². The minimum absolute atomic E-state index is 0.209. The average molecular weight is 292 g/mol. The summed E-state index contributed by atoms with van der Waals surface area (Å²) < 4.78 is 19.2. The van der Waals surface area contributed by atoms with Gasteiger partial charge in [0.1, 0.15) is 0 Å². The summed E-state index contributed by atoms with van der Waals surface area (Å²) in [6.07, 6.45) is 10.5. The zero-order valence-electron chi connectivity index (χ0n) is 13.5. The van der Waals surface area contributed by atoms with Gasteiger partial charge < -0.3 is 4.74 Å². The minimum Gasteiger partial charge on any atom is -0.491 e. The molecule has 0 aliphatic heterocycles. The van der Waals surface area contributed by atoms with E-state index in [1.807, 2.05) is 6.92 Å². The molecular formula is C19H29FO. The van der Waals surface area contributed by atoms with Crippen molar-refractivity contribution in [1.82, 2.24) is 0 Å². The van der Waals surface area contributed by atoms with E-state index in [4.69, 9.17) is 4.74 Å². The SMILES string of the molecule is CCCCCC1CCC(c2ccc(OCC)c(F)c2)CC1. The summed E-state index contributed by atoms with van der Waals surface area (Å²) in [5.41, 5.74) is 1.16. The molecule has 0 amide bonds. The van der Waals surface area contributed by atoms with E-state index in [-0.39, 0.29) is 5.82 Å². The summed E-state index contributed by atoms with van der Waals surface area (Å²) in [4.78, 5) is 0.